The number of carbonyl (C=O) groups excluding carboxylic acids is 3. The van der Waals surface area contributed by atoms with E-state index < -0.39 is 11.2 Å². The Labute approximate surface area is 286 Å². The molecule has 238 valence electrons. The highest BCUT2D eigenvalue weighted by atomic mass is 32.2. The smallest absolute Gasteiger partial charge is 0.341 e. The van der Waals surface area contributed by atoms with Crippen LogP contribution in [0.15, 0.2) is 120 Å². The Morgan fingerprint density at radius 2 is 1.34 bits per heavy atom. The summed E-state index contributed by atoms with van der Waals surface area (Å²) in [5.41, 5.74) is 3.59. The van der Waals surface area contributed by atoms with E-state index in [1.165, 1.54) is 11.8 Å². The number of carbonyl (C=O) groups is 3. The third-order valence-electron chi connectivity index (χ3n) is 6.82. The van der Waals surface area contributed by atoms with Crippen LogP contribution in [0.4, 0.5) is 22.1 Å². The summed E-state index contributed by atoms with van der Waals surface area (Å²) >= 11 is 7.89. The van der Waals surface area contributed by atoms with E-state index in [-0.39, 0.29) is 29.0 Å². The van der Waals surface area contributed by atoms with Crippen LogP contribution in [0, 0.1) is 6.92 Å². The lowest BCUT2D eigenvalue weighted by molar-refractivity contribution is -0.115. The van der Waals surface area contributed by atoms with Crippen LogP contribution in [0.25, 0.3) is 0 Å². The zero-order valence-electron chi connectivity index (χ0n) is 25.6. The lowest BCUT2D eigenvalue weighted by Crippen LogP contribution is -2.20. The summed E-state index contributed by atoms with van der Waals surface area (Å²) in [5, 5.41) is 12.2. The molecule has 1 atom stereocenters. The number of thiophene rings is 1. The molecule has 1 heterocycles. The molecule has 0 saturated heterocycles. The van der Waals surface area contributed by atoms with Crippen molar-refractivity contribution in [3.05, 3.63) is 137 Å². The van der Waals surface area contributed by atoms with Crippen molar-refractivity contribution in [1.82, 2.24) is 0 Å². The van der Waals surface area contributed by atoms with Crippen molar-refractivity contribution in [2.45, 2.75) is 24.0 Å². The third-order valence-corrected chi connectivity index (χ3v) is 9.48. The molecule has 0 bridgehead atoms. The maximum Gasteiger partial charge on any atom is 0.341 e. The average molecular weight is 681 g/mol. The molecule has 47 heavy (non-hydrogen) atoms. The largest absolute Gasteiger partial charge is 0.462 e. The number of thioether (sulfide) groups is 1. The fraction of sp³-hybridized carbons (Fsp3) is 0.111. The molecule has 0 saturated carbocycles. The number of hydrogen-bond acceptors (Lipinski definition) is 7. The lowest BCUT2D eigenvalue weighted by atomic mass is 10.1. The lowest BCUT2D eigenvalue weighted by Gasteiger charge is -2.18. The molecule has 1 unspecified atom stereocenters. The highest BCUT2D eigenvalue weighted by Crippen LogP contribution is 2.40. The van der Waals surface area contributed by atoms with Gasteiger partial charge in [-0.3, -0.25) is 9.59 Å². The number of ether oxygens (including phenoxy) is 1. The molecule has 2 amide bonds. The van der Waals surface area contributed by atoms with Crippen LogP contribution in [-0.2, 0) is 9.53 Å². The van der Waals surface area contributed by atoms with Gasteiger partial charge in [0.25, 0.3) is 5.91 Å². The van der Waals surface area contributed by atoms with Gasteiger partial charge in [0, 0.05) is 22.0 Å². The van der Waals surface area contributed by atoms with Gasteiger partial charge < -0.3 is 26.0 Å². The number of thiocarbonyl (C=S) groups is 1. The Kier molecular flexibility index (Phi) is 11.4. The number of para-hydroxylation sites is 2. The second-order valence-electron chi connectivity index (χ2n) is 10.2. The minimum absolute atomic E-state index is 0.143. The number of rotatable bonds is 11. The molecular weight excluding hydrogens is 649 g/mol. The van der Waals surface area contributed by atoms with E-state index in [1.54, 1.807) is 26.0 Å². The molecule has 11 heteroatoms. The standard InChI is InChI=1S/C36H32N4O4S3/c1-3-44-35(43)29-23(2)30(32(41)37-25-16-9-5-10-17-25)47-34(29)40-33(42)31(24-14-7-4-8-15-24)46-28-21-13-20-27(22-28)39-36(45)38-26-18-11-6-12-19-26/h4-22,31H,3H2,1-2H3,(H,37,41)(H,40,42)(H2,38,39,45). The number of amides is 2. The van der Waals surface area contributed by atoms with Gasteiger partial charge in [0.05, 0.1) is 17.0 Å². The van der Waals surface area contributed by atoms with E-state index in [2.05, 4.69) is 21.3 Å². The van der Waals surface area contributed by atoms with Crippen molar-refractivity contribution in [2.75, 3.05) is 27.9 Å². The topological polar surface area (TPSA) is 109 Å². The van der Waals surface area contributed by atoms with Crippen LogP contribution >= 0.6 is 35.3 Å². The molecule has 5 aromatic rings. The second kappa shape index (κ2) is 16.0. The zero-order chi connectivity index (χ0) is 33.2. The Balaban J connectivity index is 1.40. The predicted molar refractivity (Wildman–Crippen MR) is 196 cm³/mol. The molecule has 0 radical (unpaired) electrons. The first-order chi connectivity index (χ1) is 22.8. The Morgan fingerprint density at radius 3 is 1.98 bits per heavy atom. The SMILES string of the molecule is CCOC(=O)c1c(NC(=O)C(Sc2cccc(NC(=S)Nc3ccccc3)c2)c2ccccc2)sc(C(=O)Nc2ccccc2)c1C. The quantitative estimate of drug-likeness (QED) is 0.0623. The van der Waals surface area contributed by atoms with E-state index in [1.807, 2.05) is 103 Å². The van der Waals surface area contributed by atoms with E-state index in [0.717, 1.165) is 33.2 Å². The van der Waals surface area contributed by atoms with Crippen LogP contribution in [0.2, 0.25) is 0 Å². The number of hydrogen-bond donors (Lipinski definition) is 4. The first-order valence-electron chi connectivity index (χ1n) is 14.7. The first kappa shape index (κ1) is 33.4. The van der Waals surface area contributed by atoms with Crippen LogP contribution < -0.4 is 21.3 Å². The van der Waals surface area contributed by atoms with E-state index in [0.29, 0.717) is 21.2 Å². The van der Waals surface area contributed by atoms with Crippen LogP contribution in [0.3, 0.4) is 0 Å². The second-order valence-corrected chi connectivity index (χ2v) is 12.8. The molecule has 4 N–H and O–H groups in total. The summed E-state index contributed by atoms with van der Waals surface area (Å²) in [6, 6.07) is 35.6. The van der Waals surface area contributed by atoms with Crippen molar-refractivity contribution in [3.8, 4) is 0 Å². The first-order valence-corrected chi connectivity index (χ1v) is 16.8. The molecule has 0 aliphatic heterocycles. The van der Waals surface area contributed by atoms with Crippen molar-refractivity contribution in [2.24, 2.45) is 0 Å². The Morgan fingerprint density at radius 1 is 0.766 bits per heavy atom. The molecule has 0 aliphatic carbocycles. The molecule has 1 aromatic heterocycles. The number of nitrogens with one attached hydrogen (secondary N) is 4. The van der Waals surface area contributed by atoms with E-state index in [4.69, 9.17) is 17.0 Å². The fourth-order valence-corrected chi connectivity index (χ4v) is 7.07. The molecule has 0 spiro atoms. The highest BCUT2D eigenvalue weighted by molar-refractivity contribution is 8.00. The number of esters is 1. The summed E-state index contributed by atoms with van der Waals surface area (Å²) in [7, 11) is 0. The monoisotopic (exact) mass is 680 g/mol. The van der Waals surface area contributed by atoms with Crippen molar-refractivity contribution in [3.63, 3.8) is 0 Å². The third kappa shape index (κ3) is 8.85. The zero-order valence-corrected chi connectivity index (χ0v) is 28.1. The minimum Gasteiger partial charge on any atom is -0.462 e. The van der Waals surface area contributed by atoms with Gasteiger partial charge in [0.2, 0.25) is 5.91 Å². The Bertz CT molecular complexity index is 1870. The van der Waals surface area contributed by atoms with Crippen LogP contribution in [0.5, 0.6) is 0 Å². The van der Waals surface area contributed by atoms with Gasteiger partial charge in [-0.1, -0.05) is 72.8 Å². The summed E-state index contributed by atoms with van der Waals surface area (Å²) in [5.74, 6) is -1.36. The number of benzene rings is 4. The maximum absolute atomic E-state index is 14.1. The predicted octanol–water partition coefficient (Wildman–Crippen LogP) is 8.77. The molecule has 0 fully saturated rings. The van der Waals surface area contributed by atoms with Gasteiger partial charge >= 0.3 is 5.97 Å². The van der Waals surface area contributed by atoms with Gasteiger partial charge in [-0.25, -0.2) is 4.79 Å². The fourth-order valence-electron chi connectivity index (χ4n) is 4.65. The van der Waals surface area contributed by atoms with Crippen LogP contribution in [0.1, 0.15) is 43.3 Å². The van der Waals surface area contributed by atoms with E-state index >= 15 is 0 Å². The summed E-state index contributed by atoms with van der Waals surface area (Å²) in [6.07, 6.45) is 0. The molecule has 4 aromatic carbocycles. The normalized spacial score (nSPS) is 11.2. The van der Waals surface area contributed by atoms with Crippen molar-refractivity contribution < 1.29 is 19.1 Å². The van der Waals surface area contributed by atoms with Crippen molar-refractivity contribution in [1.29, 1.82) is 0 Å². The van der Waals surface area contributed by atoms with Crippen molar-refractivity contribution >= 4 is 80.3 Å². The summed E-state index contributed by atoms with van der Waals surface area (Å²) in [6.45, 7) is 3.53. The summed E-state index contributed by atoms with van der Waals surface area (Å²) < 4.78 is 5.32. The molecule has 5 rings (SSSR count). The summed E-state index contributed by atoms with van der Waals surface area (Å²) in [4.78, 5) is 41.6. The van der Waals surface area contributed by atoms with Gasteiger partial charge in [0.15, 0.2) is 5.11 Å². The molecule has 0 aliphatic rings. The van der Waals surface area contributed by atoms with Crippen LogP contribution in [-0.4, -0.2) is 29.5 Å². The molecular formula is C36H32N4O4S3. The van der Waals surface area contributed by atoms with Gasteiger partial charge in [0.1, 0.15) is 10.3 Å². The minimum atomic E-state index is -0.695. The average Bonchev–Trinajstić information content (AvgIpc) is 3.40. The van der Waals surface area contributed by atoms with Gasteiger partial charge in [-0.2, -0.15) is 0 Å². The Hall–Kier alpha value is -4.97. The van der Waals surface area contributed by atoms with E-state index in [9.17, 15) is 14.4 Å². The van der Waals surface area contributed by atoms with Gasteiger partial charge in [-0.15, -0.1) is 23.1 Å². The van der Waals surface area contributed by atoms with Gasteiger partial charge in [-0.05, 0) is 79.7 Å². The highest BCUT2D eigenvalue weighted by Gasteiger charge is 2.29. The molecule has 8 nitrogen and oxygen atoms in total. The number of anilines is 4. The maximum atomic E-state index is 14.1.